The van der Waals surface area contributed by atoms with Gasteiger partial charge in [0.15, 0.2) is 0 Å². The van der Waals surface area contributed by atoms with Crippen molar-refractivity contribution in [1.82, 2.24) is 0 Å². The maximum absolute atomic E-state index is 12.7. The van der Waals surface area contributed by atoms with Crippen LogP contribution >= 0.6 is 11.6 Å². The van der Waals surface area contributed by atoms with Crippen LogP contribution in [-0.2, 0) is 20.8 Å². The van der Waals surface area contributed by atoms with E-state index in [-0.39, 0.29) is 6.92 Å². The van der Waals surface area contributed by atoms with Crippen molar-refractivity contribution in [3.05, 3.63) is 53.1 Å². The highest BCUT2D eigenvalue weighted by Gasteiger charge is 2.55. The number of carbonyl (C=O) groups excluding carboxylic acids is 1. The van der Waals surface area contributed by atoms with Crippen molar-refractivity contribution < 1.29 is 44.7 Å². The van der Waals surface area contributed by atoms with Crippen LogP contribution in [0.25, 0.3) is 0 Å². The average molecular weight is 476 g/mol. The number of carbonyl (C=O) groups is 1. The van der Waals surface area contributed by atoms with Gasteiger partial charge in [0.2, 0.25) is 15.4 Å². The fraction of sp³-hybridized carbons (Fsp3) is 0.235. The molecule has 0 aliphatic rings. The first-order chi connectivity index (χ1) is 13.5. The zero-order valence-electron chi connectivity index (χ0n) is 14.8. The number of nitrogens with one attached hydrogen (secondary N) is 1. The summed E-state index contributed by atoms with van der Waals surface area (Å²) in [4.78, 5) is 10.7. The predicted octanol–water partition coefficient (Wildman–Crippen LogP) is 4.44. The zero-order valence-corrected chi connectivity index (χ0v) is 16.3. The Bertz CT molecular complexity index is 1060. The summed E-state index contributed by atoms with van der Waals surface area (Å²) in [5, 5.41) is 10.6. The first kappa shape index (κ1) is 24.0. The number of amides is 1. The van der Waals surface area contributed by atoms with Gasteiger partial charge in [0.25, 0.3) is 5.91 Å². The van der Waals surface area contributed by atoms with E-state index in [0.29, 0.717) is 12.1 Å². The molecule has 0 spiro atoms. The second-order valence-electron chi connectivity index (χ2n) is 6.19. The van der Waals surface area contributed by atoms with E-state index in [1.165, 1.54) is 0 Å². The van der Waals surface area contributed by atoms with Gasteiger partial charge in [0.1, 0.15) is 0 Å². The third kappa shape index (κ3) is 4.71. The molecule has 0 saturated heterocycles. The third-order valence-corrected chi connectivity index (χ3v) is 6.07. The van der Waals surface area contributed by atoms with Crippen molar-refractivity contribution in [3.63, 3.8) is 0 Å². The molecule has 1 atom stereocenters. The molecular formula is C17H12ClF6NO4S. The highest BCUT2D eigenvalue weighted by atomic mass is 35.5. The van der Waals surface area contributed by atoms with Crippen molar-refractivity contribution in [1.29, 1.82) is 0 Å². The lowest BCUT2D eigenvalue weighted by Crippen LogP contribution is -2.52. The van der Waals surface area contributed by atoms with E-state index >= 15 is 0 Å². The summed E-state index contributed by atoms with van der Waals surface area (Å²) < 4.78 is 101. The van der Waals surface area contributed by atoms with Crippen LogP contribution in [0.5, 0.6) is 0 Å². The van der Waals surface area contributed by atoms with Gasteiger partial charge in [-0.1, -0.05) is 11.6 Å². The Balaban J connectivity index is 2.33. The van der Waals surface area contributed by atoms with Gasteiger partial charge in [-0.2, -0.15) is 26.3 Å². The number of hydrogen-bond acceptors (Lipinski definition) is 4. The molecule has 164 valence electrons. The smallest absolute Gasteiger partial charge is 0.373 e. The standard InChI is InChI=1S/C17H12ClF6NO4S/c1-15(27,17(22,23)24)14(26)25-13-7-6-11(8-12(13)18)30(28,29)10-4-2-9(3-5-10)16(19,20)21/h2-8,27H,1H3,(H,25,26)/t15-/m1/s1. The Labute approximate surface area is 171 Å². The van der Waals surface area contributed by atoms with Crippen molar-refractivity contribution in [2.75, 3.05) is 5.32 Å². The van der Waals surface area contributed by atoms with E-state index in [4.69, 9.17) is 11.6 Å². The van der Waals surface area contributed by atoms with Crippen LogP contribution in [0, 0.1) is 0 Å². The van der Waals surface area contributed by atoms with Gasteiger partial charge >= 0.3 is 12.4 Å². The molecule has 0 fully saturated rings. The number of anilines is 1. The average Bonchev–Trinajstić information content (AvgIpc) is 2.61. The first-order valence-electron chi connectivity index (χ1n) is 7.80. The molecule has 0 unspecified atom stereocenters. The van der Waals surface area contributed by atoms with Crippen molar-refractivity contribution >= 4 is 33.0 Å². The minimum Gasteiger partial charge on any atom is -0.373 e. The molecule has 2 N–H and O–H groups in total. The normalized spacial score (nSPS) is 14.8. The molecule has 2 aromatic carbocycles. The maximum atomic E-state index is 12.7. The van der Waals surface area contributed by atoms with Gasteiger partial charge in [0, 0.05) is 0 Å². The summed E-state index contributed by atoms with van der Waals surface area (Å²) in [5.41, 5.74) is -5.21. The fourth-order valence-corrected chi connectivity index (χ4v) is 3.68. The number of aliphatic hydroxyl groups is 1. The SMILES string of the molecule is C[C@@](O)(C(=O)Nc1ccc(S(=O)(=O)c2ccc(C(F)(F)F)cc2)cc1Cl)C(F)(F)F. The molecule has 0 aromatic heterocycles. The highest BCUT2D eigenvalue weighted by Crippen LogP contribution is 2.34. The van der Waals surface area contributed by atoms with E-state index < -0.39 is 59.8 Å². The summed E-state index contributed by atoms with van der Waals surface area (Å²) in [7, 11) is -4.31. The highest BCUT2D eigenvalue weighted by molar-refractivity contribution is 7.91. The monoisotopic (exact) mass is 475 g/mol. The summed E-state index contributed by atoms with van der Waals surface area (Å²) in [6.45, 7) is 0.222. The number of sulfone groups is 1. The molecule has 13 heteroatoms. The van der Waals surface area contributed by atoms with Gasteiger partial charge in [-0.3, -0.25) is 4.79 Å². The lowest BCUT2D eigenvalue weighted by atomic mass is 10.1. The lowest BCUT2D eigenvalue weighted by molar-refractivity contribution is -0.242. The topological polar surface area (TPSA) is 83.5 Å². The van der Waals surface area contributed by atoms with Crippen LogP contribution in [0.2, 0.25) is 5.02 Å². The molecule has 0 radical (unpaired) electrons. The second-order valence-corrected chi connectivity index (χ2v) is 8.55. The van der Waals surface area contributed by atoms with E-state index in [9.17, 15) is 44.7 Å². The number of benzene rings is 2. The minimum absolute atomic E-state index is 0.222. The van der Waals surface area contributed by atoms with Crippen LogP contribution in [0.3, 0.4) is 0 Å². The molecule has 2 rings (SSSR count). The predicted molar refractivity (Wildman–Crippen MR) is 93.7 cm³/mol. The van der Waals surface area contributed by atoms with Gasteiger partial charge in [-0.25, -0.2) is 8.42 Å². The Morgan fingerprint density at radius 3 is 1.90 bits per heavy atom. The molecule has 0 aliphatic carbocycles. The van der Waals surface area contributed by atoms with E-state index in [1.807, 2.05) is 0 Å². The van der Waals surface area contributed by atoms with E-state index in [0.717, 1.165) is 30.3 Å². The van der Waals surface area contributed by atoms with Crippen molar-refractivity contribution in [3.8, 4) is 0 Å². The molecule has 0 bridgehead atoms. The number of alkyl halides is 6. The molecular weight excluding hydrogens is 464 g/mol. The summed E-state index contributed by atoms with van der Waals surface area (Å²) >= 11 is 5.83. The fourth-order valence-electron chi connectivity index (χ4n) is 2.10. The van der Waals surface area contributed by atoms with E-state index in [2.05, 4.69) is 0 Å². The minimum atomic E-state index is -5.28. The quantitative estimate of drug-likeness (QED) is 0.640. The second kappa shape index (κ2) is 7.75. The number of halogens is 7. The first-order valence-corrected chi connectivity index (χ1v) is 9.66. The number of hydrogen-bond donors (Lipinski definition) is 2. The Morgan fingerprint density at radius 2 is 1.47 bits per heavy atom. The Morgan fingerprint density at radius 1 is 0.967 bits per heavy atom. The summed E-state index contributed by atoms with van der Waals surface area (Å²) in [6, 6.07) is 5.18. The van der Waals surface area contributed by atoms with Crippen LogP contribution in [0.1, 0.15) is 12.5 Å². The van der Waals surface area contributed by atoms with E-state index in [1.54, 1.807) is 5.32 Å². The zero-order chi connectivity index (χ0) is 23.1. The molecule has 30 heavy (non-hydrogen) atoms. The van der Waals surface area contributed by atoms with Crippen LogP contribution < -0.4 is 5.32 Å². The molecule has 1 amide bonds. The van der Waals surface area contributed by atoms with Gasteiger partial charge in [-0.15, -0.1) is 0 Å². The summed E-state index contributed by atoms with van der Waals surface area (Å²) in [6.07, 6.45) is -9.95. The van der Waals surface area contributed by atoms with Gasteiger partial charge in [-0.05, 0) is 49.4 Å². The number of rotatable bonds is 4. The molecule has 0 heterocycles. The molecule has 5 nitrogen and oxygen atoms in total. The summed E-state index contributed by atoms with van der Waals surface area (Å²) in [5.74, 6) is -1.85. The van der Waals surface area contributed by atoms with Crippen molar-refractivity contribution in [2.24, 2.45) is 0 Å². The molecule has 2 aromatic rings. The molecule has 0 saturated carbocycles. The van der Waals surface area contributed by atoms with Crippen molar-refractivity contribution in [2.45, 2.75) is 34.7 Å². The van der Waals surface area contributed by atoms with Crippen LogP contribution in [-0.4, -0.2) is 31.2 Å². The largest absolute Gasteiger partial charge is 0.426 e. The Hall–Kier alpha value is -2.31. The Kier molecular flexibility index (Phi) is 6.19. The lowest BCUT2D eigenvalue weighted by Gasteiger charge is -2.25. The van der Waals surface area contributed by atoms with Gasteiger partial charge in [0.05, 0.1) is 26.1 Å². The van der Waals surface area contributed by atoms with Crippen LogP contribution in [0.15, 0.2) is 52.3 Å². The van der Waals surface area contributed by atoms with Crippen LogP contribution in [0.4, 0.5) is 32.0 Å². The molecule has 0 aliphatic heterocycles. The van der Waals surface area contributed by atoms with Gasteiger partial charge < -0.3 is 10.4 Å². The third-order valence-electron chi connectivity index (χ3n) is 3.99. The maximum Gasteiger partial charge on any atom is 0.426 e.